The van der Waals surface area contributed by atoms with E-state index in [4.69, 9.17) is 11.6 Å². The largest absolute Gasteiger partial charge is 0.504 e. The number of hydrogen-bond acceptors (Lipinski definition) is 3. The van der Waals surface area contributed by atoms with Crippen LogP contribution in [-0.2, 0) is 6.54 Å². The maximum absolute atomic E-state index is 11.5. The minimum absolute atomic E-state index is 0.0534. The fourth-order valence-corrected chi connectivity index (χ4v) is 1.78. The number of benzene rings is 1. The summed E-state index contributed by atoms with van der Waals surface area (Å²) in [7, 11) is 1.63. The van der Waals surface area contributed by atoms with E-state index in [2.05, 4.69) is 0 Å². The number of rotatable bonds is 0. The molecule has 0 fully saturated rings. The molecule has 1 aliphatic rings. The lowest BCUT2D eigenvalue weighted by Crippen LogP contribution is -2.17. The predicted molar refractivity (Wildman–Crippen MR) is 61.9 cm³/mol. The molecule has 1 amide bonds. The van der Waals surface area contributed by atoms with Crippen LogP contribution in [0, 0.1) is 0 Å². The van der Waals surface area contributed by atoms with Crippen LogP contribution in [0.4, 0.5) is 0 Å². The lowest BCUT2D eigenvalue weighted by atomic mass is 10.1. The Hall–Kier alpha value is -1.42. The summed E-state index contributed by atoms with van der Waals surface area (Å²) in [6.07, 6.45) is 0. The van der Waals surface area contributed by atoms with E-state index in [1.54, 1.807) is 7.05 Å². The lowest BCUT2D eigenvalue weighted by Gasteiger charge is -2.05. The molecule has 1 aliphatic heterocycles. The molecule has 0 atom stereocenters. The zero-order chi connectivity index (χ0) is 12.5. The molecule has 0 aromatic heterocycles. The third-order valence-electron chi connectivity index (χ3n) is 2.29. The van der Waals surface area contributed by atoms with Crippen LogP contribution < -0.4 is 0 Å². The molecule has 0 spiro atoms. The van der Waals surface area contributed by atoms with Crippen molar-refractivity contribution in [1.82, 2.24) is 4.90 Å². The van der Waals surface area contributed by atoms with Crippen molar-refractivity contribution in [2.45, 2.75) is 20.4 Å². The van der Waals surface area contributed by atoms with Gasteiger partial charge in [0.2, 0.25) is 0 Å². The standard InChI is InChI=1S/C9H8ClNO3.C2H6/c1-11-3-5-4(9(11)14)2-6(12)8(13)7(5)10;1-2/h2,12-13H,3H2,1H3;1-2H3. The van der Waals surface area contributed by atoms with E-state index in [1.165, 1.54) is 11.0 Å². The molecule has 16 heavy (non-hydrogen) atoms. The van der Waals surface area contributed by atoms with Crippen LogP contribution in [0.25, 0.3) is 0 Å². The quantitative estimate of drug-likeness (QED) is 0.688. The van der Waals surface area contributed by atoms with Gasteiger partial charge in [0.25, 0.3) is 5.91 Å². The second-order valence-electron chi connectivity index (χ2n) is 3.25. The molecule has 0 saturated carbocycles. The van der Waals surface area contributed by atoms with Crippen molar-refractivity contribution >= 4 is 17.5 Å². The topological polar surface area (TPSA) is 60.8 Å². The Kier molecular flexibility index (Phi) is 3.65. The molecule has 1 heterocycles. The zero-order valence-corrected chi connectivity index (χ0v) is 10.2. The summed E-state index contributed by atoms with van der Waals surface area (Å²) in [4.78, 5) is 13.0. The molecule has 1 aromatic carbocycles. The Morgan fingerprint density at radius 2 is 1.94 bits per heavy atom. The van der Waals surface area contributed by atoms with E-state index in [-0.39, 0.29) is 22.4 Å². The van der Waals surface area contributed by atoms with Crippen LogP contribution >= 0.6 is 11.6 Å². The first-order valence-corrected chi connectivity index (χ1v) is 5.39. The normalized spacial score (nSPS) is 13.2. The highest BCUT2D eigenvalue weighted by Crippen LogP contribution is 2.40. The van der Waals surface area contributed by atoms with E-state index >= 15 is 0 Å². The molecular weight excluding hydrogens is 230 g/mol. The summed E-state index contributed by atoms with van der Waals surface area (Å²) in [5.41, 5.74) is 0.919. The summed E-state index contributed by atoms with van der Waals surface area (Å²) in [6.45, 7) is 4.36. The number of halogens is 1. The monoisotopic (exact) mass is 243 g/mol. The zero-order valence-electron chi connectivity index (χ0n) is 9.41. The van der Waals surface area contributed by atoms with Crippen LogP contribution in [-0.4, -0.2) is 28.1 Å². The van der Waals surface area contributed by atoms with Crippen LogP contribution in [0.2, 0.25) is 5.02 Å². The number of hydrogen-bond donors (Lipinski definition) is 2. The number of nitrogens with zero attached hydrogens (tertiary/aromatic N) is 1. The van der Waals surface area contributed by atoms with Crippen LogP contribution in [0.5, 0.6) is 11.5 Å². The molecule has 0 aliphatic carbocycles. The summed E-state index contributed by atoms with van der Waals surface area (Å²) in [5, 5.41) is 18.6. The van der Waals surface area contributed by atoms with Gasteiger partial charge in [-0.3, -0.25) is 4.79 Å². The number of phenolic OH excluding ortho intramolecular Hbond substituents is 2. The number of carbonyl (C=O) groups is 1. The molecule has 5 heteroatoms. The second-order valence-corrected chi connectivity index (χ2v) is 3.62. The van der Waals surface area contributed by atoms with Gasteiger partial charge in [0.1, 0.15) is 0 Å². The SMILES string of the molecule is CC.CN1Cc2c(cc(O)c(O)c2Cl)C1=O. The molecule has 4 nitrogen and oxygen atoms in total. The molecule has 1 aromatic rings. The van der Waals surface area contributed by atoms with E-state index in [1.807, 2.05) is 13.8 Å². The highest BCUT2D eigenvalue weighted by atomic mass is 35.5. The van der Waals surface area contributed by atoms with Gasteiger partial charge in [0.05, 0.1) is 5.02 Å². The predicted octanol–water partition coefficient (Wildman–Crippen LogP) is 2.36. The maximum Gasteiger partial charge on any atom is 0.254 e. The number of fused-ring (bicyclic) bond motifs is 1. The van der Waals surface area contributed by atoms with Gasteiger partial charge < -0.3 is 15.1 Å². The fraction of sp³-hybridized carbons (Fsp3) is 0.364. The average Bonchev–Trinajstić information content (AvgIpc) is 2.57. The van der Waals surface area contributed by atoms with Crippen molar-refractivity contribution in [3.8, 4) is 11.5 Å². The van der Waals surface area contributed by atoms with Gasteiger partial charge in [-0.1, -0.05) is 25.4 Å². The van der Waals surface area contributed by atoms with Gasteiger partial charge in [-0.05, 0) is 6.07 Å². The van der Waals surface area contributed by atoms with Crippen molar-refractivity contribution in [2.24, 2.45) is 0 Å². The Balaban J connectivity index is 0.000000606. The molecule has 2 N–H and O–H groups in total. The Bertz CT molecular complexity index is 432. The van der Waals surface area contributed by atoms with E-state index in [0.717, 1.165) is 0 Å². The average molecular weight is 244 g/mol. The van der Waals surface area contributed by atoms with E-state index in [0.29, 0.717) is 17.7 Å². The Morgan fingerprint density at radius 3 is 2.50 bits per heavy atom. The molecule has 0 radical (unpaired) electrons. The van der Waals surface area contributed by atoms with Crippen molar-refractivity contribution in [1.29, 1.82) is 0 Å². The first-order chi connectivity index (χ1) is 7.52. The summed E-state index contributed by atoms with van der Waals surface area (Å²) >= 11 is 5.79. The van der Waals surface area contributed by atoms with Crippen molar-refractivity contribution in [2.75, 3.05) is 7.05 Å². The molecule has 2 rings (SSSR count). The third kappa shape index (κ3) is 1.80. The molecule has 88 valence electrons. The van der Waals surface area contributed by atoms with Gasteiger partial charge >= 0.3 is 0 Å². The summed E-state index contributed by atoms with van der Waals surface area (Å²) in [6, 6.07) is 1.24. The Morgan fingerprint density at radius 1 is 1.38 bits per heavy atom. The molecular formula is C11H14ClNO3. The number of amides is 1. The summed E-state index contributed by atoms with van der Waals surface area (Å²) in [5.74, 6) is -0.928. The first-order valence-electron chi connectivity index (χ1n) is 5.01. The minimum Gasteiger partial charge on any atom is -0.504 e. The first kappa shape index (κ1) is 12.6. The second kappa shape index (κ2) is 4.61. The van der Waals surface area contributed by atoms with Crippen molar-refractivity contribution in [3.63, 3.8) is 0 Å². The van der Waals surface area contributed by atoms with Gasteiger partial charge in [-0.2, -0.15) is 0 Å². The van der Waals surface area contributed by atoms with Gasteiger partial charge in [0.15, 0.2) is 11.5 Å². The lowest BCUT2D eigenvalue weighted by molar-refractivity contribution is 0.0816. The highest BCUT2D eigenvalue weighted by molar-refractivity contribution is 6.33. The van der Waals surface area contributed by atoms with Gasteiger partial charge in [-0.25, -0.2) is 0 Å². The van der Waals surface area contributed by atoms with E-state index < -0.39 is 0 Å². The number of phenols is 2. The molecule has 0 saturated heterocycles. The maximum atomic E-state index is 11.5. The third-order valence-corrected chi connectivity index (χ3v) is 2.70. The van der Waals surface area contributed by atoms with Crippen molar-refractivity contribution < 1.29 is 15.0 Å². The fourth-order valence-electron chi connectivity index (χ4n) is 1.53. The number of aromatic hydroxyl groups is 2. The summed E-state index contributed by atoms with van der Waals surface area (Å²) < 4.78 is 0. The molecule has 0 unspecified atom stereocenters. The van der Waals surface area contributed by atoms with Gasteiger partial charge in [-0.15, -0.1) is 0 Å². The molecule has 0 bridgehead atoms. The number of carbonyl (C=O) groups excluding carboxylic acids is 1. The van der Waals surface area contributed by atoms with Crippen LogP contribution in [0.3, 0.4) is 0 Å². The Labute approximate surface area is 99.1 Å². The minimum atomic E-state index is -0.367. The van der Waals surface area contributed by atoms with Crippen molar-refractivity contribution in [3.05, 3.63) is 22.2 Å². The van der Waals surface area contributed by atoms with Gasteiger partial charge in [0, 0.05) is 24.7 Å². The smallest absolute Gasteiger partial charge is 0.254 e. The van der Waals surface area contributed by atoms with Crippen LogP contribution in [0.15, 0.2) is 6.07 Å². The highest BCUT2D eigenvalue weighted by Gasteiger charge is 2.29. The van der Waals surface area contributed by atoms with Crippen LogP contribution in [0.1, 0.15) is 29.8 Å². The van der Waals surface area contributed by atoms with E-state index in [9.17, 15) is 15.0 Å².